The van der Waals surface area contributed by atoms with E-state index < -0.39 is 0 Å². The molecular weight excluding hydrogens is 332 g/mol. The van der Waals surface area contributed by atoms with Crippen LogP contribution in [0.4, 0.5) is 0 Å². The molecule has 0 radical (unpaired) electrons. The average Bonchev–Trinajstić information content (AvgIpc) is 3.05. The van der Waals surface area contributed by atoms with Crippen molar-refractivity contribution in [2.24, 2.45) is 0 Å². The standard InChI is InChI=1S/C20H20N2O2S/c1-12-9-10-16(11-14(12)3)18(23)15(4)25-20-22-21-19(24-20)17-8-6-5-7-13(17)2/h5-11,15H,1-4H3/t15-/m0/s1. The minimum atomic E-state index is -0.299. The van der Waals surface area contributed by atoms with Crippen molar-refractivity contribution in [2.45, 2.75) is 38.2 Å². The van der Waals surface area contributed by atoms with Crippen LogP contribution < -0.4 is 0 Å². The van der Waals surface area contributed by atoms with E-state index in [1.807, 2.05) is 70.2 Å². The first-order chi connectivity index (χ1) is 12.0. The van der Waals surface area contributed by atoms with E-state index >= 15 is 0 Å². The van der Waals surface area contributed by atoms with Gasteiger partial charge in [0.2, 0.25) is 5.89 Å². The SMILES string of the molecule is Cc1ccc(C(=O)[C@H](C)Sc2nnc(-c3ccccc3C)o2)cc1C. The van der Waals surface area contributed by atoms with Gasteiger partial charge in [-0.15, -0.1) is 10.2 Å². The number of aromatic nitrogens is 2. The molecule has 0 unspecified atom stereocenters. The second-order valence-electron chi connectivity index (χ2n) is 6.11. The summed E-state index contributed by atoms with van der Waals surface area (Å²) in [5, 5.41) is 8.29. The van der Waals surface area contributed by atoms with Gasteiger partial charge < -0.3 is 4.42 Å². The van der Waals surface area contributed by atoms with Gasteiger partial charge in [0, 0.05) is 11.1 Å². The Morgan fingerprint density at radius 2 is 1.76 bits per heavy atom. The first-order valence-electron chi connectivity index (χ1n) is 8.13. The van der Waals surface area contributed by atoms with E-state index in [0.717, 1.165) is 16.7 Å². The van der Waals surface area contributed by atoms with Gasteiger partial charge in [-0.3, -0.25) is 4.79 Å². The molecule has 1 heterocycles. The first-order valence-corrected chi connectivity index (χ1v) is 9.01. The summed E-state index contributed by atoms with van der Waals surface area (Å²) in [6.45, 7) is 7.90. The number of benzene rings is 2. The van der Waals surface area contributed by atoms with Crippen LogP contribution in [-0.2, 0) is 0 Å². The zero-order chi connectivity index (χ0) is 18.0. The lowest BCUT2D eigenvalue weighted by Gasteiger charge is -2.09. The fourth-order valence-corrected chi connectivity index (χ4v) is 3.27. The third kappa shape index (κ3) is 3.82. The molecule has 0 saturated carbocycles. The van der Waals surface area contributed by atoms with Crippen LogP contribution >= 0.6 is 11.8 Å². The predicted octanol–water partition coefficient (Wildman–Crippen LogP) is 5.03. The summed E-state index contributed by atoms with van der Waals surface area (Å²) in [6.07, 6.45) is 0. The van der Waals surface area contributed by atoms with Crippen molar-refractivity contribution in [1.82, 2.24) is 10.2 Å². The molecule has 0 bridgehead atoms. The van der Waals surface area contributed by atoms with E-state index in [4.69, 9.17) is 4.42 Å². The topological polar surface area (TPSA) is 56.0 Å². The lowest BCUT2D eigenvalue weighted by molar-refractivity contribution is 0.0993. The quantitative estimate of drug-likeness (QED) is 0.476. The van der Waals surface area contributed by atoms with Crippen molar-refractivity contribution in [2.75, 3.05) is 0 Å². The minimum absolute atomic E-state index is 0.0590. The van der Waals surface area contributed by atoms with Gasteiger partial charge in [-0.25, -0.2) is 0 Å². The van der Waals surface area contributed by atoms with Gasteiger partial charge in [-0.1, -0.05) is 42.1 Å². The van der Waals surface area contributed by atoms with Crippen LogP contribution in [0.1, 0.15) is 34.0 Å². The molecule has 0 aliphatic rings. The molecular formula is C20H20N2O2S. The highest BCUT2D eigenvalue weighted by Gasteiger charge is 2.20. The van der Waals surface area contributed by atoms with E-state index in [2.05, 4.69) is 10.2 Å². The van der Waals surface area contributed by atoms with Crippen LogP contribution in [0.15, 0.2) is 52.1 Å². The molecule has 25 heavy (non-hydrogen) atoms. The second-order valence-corrected chi connectivity index (χ2v) is 7.40. The summed E-state index contributed by atoms with van der Waals surface area (Å²) in [5.74, 6) is 0.537. The number of thioether (sulfide) groups is 1. The molecule has 0 amide bonds. The number of nitrogens with zero attached hydrogens (tertiary/aromatic N) is 2. The summed E-state index contributed by atoms with van der Waals surface area (Å²) in [7, 11) is 0. The van der Waals surface area contributed by atoms with Gasteiger partial charge in [0.15, 0.2) is 5.78 Å². The number of aryl methyl sites for hydroxylation is 3. The number of hydrogen-bond donors (Lipinski definition) is 0. The summed E-state index contributed by atoms with van der Waals surface area (Å²) < 4.78 is 5.74. The van der Waals surface area contributed by atoms with Crippen molar-refractivity contribution < 1.29 is 9.21 Å². The first kappa shape index (κ1) is 17.4. The molecule has 0 spiro atoms. The zero-order valence-electron chi connectivity index (χ0n) is 14.7. The van der Waals surface area contributed by atoms with Crippen LogP contribution in [-0.4, -0.2) is 21.2 Å². The highest BCUT2D eigenvalue weighted by atomic mass is 32.2. The molecule has 4 nitrogen and oxygen atoms in total. The molecule has 128 valence electrons. The molecule has 0 fully saturated rings. The summed E-state index contributed by atoms with van der Waals surface area (Å²) in [6, 6.07) is 13.6. The molecule has 1 aromatic heterocycles. The van der Waals surface area contributed by atoms with Gasteiger partial charge in [-0.2, -0.15) is 0 Å². The number of carbonyl (C=O) groups excluding carboxylic acids is 1. The lowest BCUT2D eigenvalue weighted by Crippen LogP contribution is -2.13. The summed E-state index contributed by atoms with van der Waals surface area (Å²) in [5.41, 5.74) is 4.98. The van der Waals surface area contributed by atoms with Crippen LogP contribution in [0, 0.1) is 20.8 Å². The Hall–Kier alpha value is -2.40. The van der Waals surface area contributed by atoms with E-state index in [1.54, 1.807) is 0 Å². The predicted molar refractivity (Wildman–Crippen MR) is 100 cm³/mol. The maximum Gasteiger partial charge on any atom is 0.277 e. The summed E-state index contributed by atoms with van der Waals surface area (Å²) >= 11 is 1.29. The molecule has 3 rings (SSSR count). The largest absolute Gasteiger partial charge is 0.411 e. The molecule has 5 heteroatoms. The van der Waals surface area contributed by atoms with Crippen LogP contribution in [0.25, 0.3) is 11.5 Å². The highest BCUT2D eigenvalue weighted by molar-refractivity contribution is 8.00. The molecule has 0 aliphatic carbocycles. The minimum Gasteiger partial charge on any atom is -0.411 e. The molecule has 3 aromatic rings. The van der Waals surface area contributed by atoms with Gasteiger partial charge in [0.1, 0.15) is 0 Å². The third-order valence-electron chi connectivity index (χ3n) is 4.22. The molecule has 0 N–H and O–H groups in total. The van der Waals surface area contributed by atoms with Gasteiger partial charge >= 0.3 is 0 Å². The maximum atomic E-state index is 12.6. The Balaban J connectivity index is 1.75. The fraction of sp³-hybridized carbons (Fsp3) is 0.250. The normalized spacial score (nSPS) is 12.2. The van der Waals surface area contributed by atoms with Crippen molar-refractivity contribution in [3.63, 3.8) is 0 Å². The molecule has 1 atom stereocenters. The lowest BCUT2D eigenvalue weighted by atomic mass is 10.0. The Morgan fingerprint density at radius 3 is 2.48 bits per heavy atom. The average molecular weight is 352 g/mol. The third-order valence-corrected chi connectivity index (χ3v) is 5.15. The number of Topliss-reactive ketones (excluding diaryl/α,β-unsaturated/α-hetero) is 1. The van der Waals surface area contributed by atoms with Gasteiger partial charge in [0.25, 0.3) is 5.22 Å². The molecule has 0 aliphatic heterocycles. The fourth-order valence-electron chi connectivity index (χ4n) is 2.51. The van der Waals surface area contributed by atoms with Gasteiger partial charge in [-0.05, 0) is 56.5 Å². The Bertz CT molecular complexity index is 918. The van der Waals surface area contributed by atoms with Crippen molar-refractivity contribution >= 4 is 17.5 Å². The smallest absolute Gasteiger partial charge is 0.277 e. The van der Waals surface area contributed by atoms with Crippen LogP contribution in [0.5, 0.6) is 0 Å². The maximum absolute atomic E-state index is 12.6. The Kier molecular flexibility index (Phi) is 5.04. The number of ketones is 1. The Morgan fingerprint density at radius 1 is 1.00 bits per heavy atom. The van der Waals surface area contributed by atoms with E-state index in [1.165, 1.54) is 17.3 Å². The molecule has 0 saturated heterocycles. The van der Waals surface area contributed by atoms with Crippen molar-refractivity contribution in [3.8, 4) is 11.5 Å². The van der Waals surface area contributed by atoms with Gasteiger partial charge in [0.05, 0.1) is 5.25 Å². The second kappa shape index (κ2) is 7.23. The van der Waals surface area contributed by atoms with E-state index in [-0.39, 0.29) is 11.0 Å². The number of rotatable bonds is 5. The Labute approximate surface area is 151 Å². The zero-order valence-corrected chi connectivity index (χ0v) is 15.6. The molecule has 2 aromatic carbocycles. The van der Waals surface area contributed by atoms with Crippen molar-refractivity contribution in [3.05, 3.63) is 64.7 Å². The van der Waals surface area contributed by atoms with Crippen LogP contribution in [0.3, 0.4) is 0 Å². The summed E-state index contributed by atoms with van der Waals surface area (Å²) in [4.78, 5) is 12.6. The van der Waals surface area contributed by atoms with E-state index in [0.29, 0.717) is 16.7 Å². The number of hydrogen-bond acceptors (Lipinski definition) is 5. The van der Waals surface area contributed by atoms with Crippen LogP contribution in [0.2, 0.25) is 0 Å². The van der Waals surface area contributed by atoms with E-state index in [9.17, 15) is 4.79 Å². The highest BCUT2D eigenvalue weighted by Crippen LogP contribution is 2.29. The van der Waals surface area contributed by atoms with Crippen molar-refractivity contribution in [1.29, 1.82) is 0 Å². The number of carbonyl (C=O) groups is 1. The monoisotopic (exact) mass is 352 g/mol.